The molecule has 2 unspecified atom stereocenters. The fourth-order valence-corrected chi connectivity index (χ4v) is 1.59. The van der Waals surface area contributed by atoms with Gasteiger partial charge in [0.1, 0.15) is 0 Å². The minimum absolute atomic E-state index is 0.113. The van der Waals surface area contributed by atoms with Crippen LogP contribution < -0.4 is 10.1 Å². The number of rotatable bonds is 5. The predicted octanol–water partition coefficient (Wildman–Crippen LogP) is 1.87. The van der Waals surface area contributed by atoms with Crippen molar-refractivity contribution in [2.24, 2.45) is 0 Å². The summed E-state index contributed by atoms with van der Waals surface area (Å²) in [5.74, 6) is -0.269. The van der Waals surface area contributed by atoms with Crippen molar-refractivity contribution < 1.29 is 14.2 Å². The average molecular weight is 227 g/mol. The zero-order chi connectivity index (χ0) is 12.1. The van der Waals surface area contributed by atoms with Gasteiger partial charge in [-0.25, -0.2) is 4.39 Å². The lowest BCUT2D eigenvalue weighted by Gasteiger charge is -2.20. The first-order chi connectivity index (χ1) is 7.60. The van der Waals surface area contributed by atoms with E-state index in [1.54, 1.807) is 6.07 Å². The van der Waals surface area contributed by atoms with Crippen molar-refractivity contribution in [3.63, 3.8) is 0 Å². The molecule has 0 heterocycles. The quantitative estimate of drug-likeness (QED) is 0.806. The van der Waals surface area contributed by atoms with Crippen LogP contribution in [0.3, 0.4) is 0 Å². The first-order valence-corrected chi connectivity index (χ1v) is 5.35. The molecule has 0 fully saturated rings. The third kappa shape index (κ3) is 2.93. The van der Waals surface area contributed by atoms with Crippen LogP contribution in [-0.2, 0) is 0 Å². The Morgan fingerprint density at radius 2 is 2.19 bits per heavy atom. The van der Waals surface area contributed by atoms with Gasteiger partial charge in [-0.1, -0.05) is 13.0 Å². The molecule has 0 saturated heterocycles. The topological polar surface area (TPSA) is 41.5 Å². The molecule has 0 aliphatic carbocycles. The van der Waals surface area contributed by atoms with Crippen LogP contribution in [0, 0.1) is 5.82 Å². The number of nitrogens with one attached hydrogen (secondary N) is 1. The molecule has 0 spiro atoms. The standard InChI is InChI=1S/C12H18FNO2/c1-4-14-8(2)12(15)9-5-6-11(16-3)10(13)7-9/h5-8,12,14-15H,4H2,1-3H3. The Kier molecular flexibility index (Phi) is 4.71. The lowest BCUT2D eigenvalue weighted by atomic mass is 10.0. The number of aliphatic hydroxyl groups is 1. The van der Waals surface area contributed by atoms with Crippen molar-refractivity contribution >= 4 is 0 Å². The van der Waals surface area contributed by atoms with E-state index in [1.165, 1.54) is 19.2 Å². The summed E-state index contributed by atoms with van der Waals surface area (Å²) in [7, 11) is 1.41. The van der Waals surface area contributed by atoms with Crippen LogP contribution in [0.1, 0.15) is 25.5 Å². The molecule has 1 aromatic rings. The lowest BCUT2D eigenvalue weighted by Crippen LogP contribution is -2.31. The highest BCUT2D eigenvalue weighted by Gasteiger charge is 2.16. The molecule has 0 bridgehead atoms. The van der Waals surface area contributed by atoms with Crippen molar-refractivity contribution in [1.82, 2.24) is 5.32 Å². The first kappa shape index (κ1) is 12.9. The Labute approximate surface area is 95.2 Å². The number of benzene rings is 1. The monoisotopic (exact) mass is 227 g/mol. The molecule has 0 aliphatic heterocycles. The molecule has 2 atom stereocenters. The van der Waals surface area contributed by atoms with Gasteiger partial charge >= 0.3 is 0 Å². The summed E-state index contributed by atoms with van der Waals surface area (Å²) in [6.07, 6.45) is -0.722. The van der Waals surface area contributed by atoms with E-state index < -0.39 is 11.9 Å². The van der Waals surface area contributed by atoms with Gasteiger partial charge in [-0.2, -0.15) is 0 Å². The smallest absolute Gasteiger partial charge is 0.165 e. The normalized spacial score (nSPS) is 14.6. The molecule has 0 amide bonds. The molecule has 0 aromatic heterocycles. The average Bonchev–Trinajstić information content (AvgIpc) is 2.28. The lowest BCUT2D eigenvalue weighted by molar-refractivity contribution is 0.136. The molecule has 0 saturated carbocycles. The van der Waals surface area contributed by atoms with Crippen LogP contribution >= 0.6 is 0 Å². The van der Waals surface area contributed by atoms with Crippen LogP contribution in [0.15, 0.2) is 18.2 Å². The second-order valence-corrected chi connectivity index (χ2v) is 3.69. The highest BCUT2D eigenvalue weighted by Crippen LogP contribution is 2.23. The van der Waals surface area contributed by atoms with Crippen molar-refractivity contribution in [2.75, 3.05) is 13.7 Å². The van der Waals surface area contributed by atoms with Crippen molar-refractivity contribution in [3.05, 3.63) is 29.6 Å². The fourth-order valence-electron chi connectivity index (χ4n) is 1.59. The van der Waals surface area contributed by atoms with E-state index in [0.29, 0.717) is 5.56 Å². The Hall–Kier alpha value is -1.13. The molecule has 2 N–H and O–H groups in total. The van der Waals surface area contributed by atoms with Crippen molar-refractivity contribution in [3.8, 4) is 5.75 Å². The van der Waals surface area contributed by atoms with E-state index >= 15 is 0 Å². The van der Waals surface area contributed by atoms with Crippen LogP contribution in [0.2, 0.25) is 0 Å². The van der Waals surface area contributed by atoms with Gasteiger partial charge in [0.15, 0.2) is 11.6 Å². The van der Waals surface area contributed by atoms with E-state index in [0.717, 1.165) is 6.54 Å². The second kappa shape index (κ2) is 5.82. The maximum absolute atomic E-state index is 13.4. The van der Waals surface area contributed by atoms with Gasteiger partial charge in [0.25, 0.3) is 0 Å². The third-order valence-electron chi connectivity index (χ3n) is 2.52. The Morgan fingerprint density at radius 1 is 1.50 bits per heavy atom. The van der Waals surface area contributed by atoms with E-state index in [4.69, 9.17) is 4.74 Å². The van der Waals surface area contributed by atoms with Crippen LogP contribution in [0.4, 0.5) is 4.39 Å². The molecule has 90 valence electrons. The Balaban J connectivity index is 2.84. The maximum Gasteiger partial charge on any atom is 0.165 e. The van der Waals surface area contributed by atoms with E-state index in [2.05, 4.69) is 5.32 Å². The van der Waals surface area contributed by atoms with Gasteiger partial charge in [-0.05, 0) is 31.2 Å². The number of aliphatic hydroxyl groups excluding tert-OH is 1. The summed E-state index contributed by atoms with van der Waals surface area (Å²) in [5.41, 5.74) is 0.548. The molecule has 4 heteroatoms. The van der Waals surface area contributed by atoms with Crippen molar-refractivity contribution in [2.45, 2.75) is 26.0 Å². The van der Waals surface area contributed by atoms with Crippen molar-refractivity contribution in [1.29, 1.82) is 0 Å². The molecule has 16 heavy (non-hydrogen) atoms. The van der Waals surface area contributed by atoms with Gasteiger partial charge in [-0.3, -0.25) is 0 Å². The molecule has 1 rings (SSSR count). The largest absolute Gasteiger partial charge is 0.494 e. The summed E-state index contributed by atoms with van der Waals surface area (Å²) >= 11 is 0. The predicted molar refractivity (Wildman–Crippen MR) is 61.1 cm³/mol. The van der Waals surface area contributed by atoms with E-state index in [1.807, 2.05) is 13.8 Å². The summed E-state index contributed by atoms with van der Waals surface area (Å²) in [4.78, 5) is 0. The maximum atomic E-state index is 13.4. The number of hydrogen-bond acceptors (Lipinski definition) is 3. The SMILES string of the molecule is CCNC(C)C(O)c1ccc(OC)c(F)c1. The number of methoxy groups -OCH3 is 1. The second-order valence-electron chi connectivity index (χ2n) is 3.69. The van der Waals surface area contributed by atoms with Crippen LogP contribution in [0.5, 0.6) is 5.75 Å². The van der Waals surface area contributed by atoms with Crippen LogP contribution in [-0.4, -0.2) is 24.8 Å². The summed E-state index contributed by atoms with van der Waals surface area (Å²) < 4.78 is 18.2. The third-order valence-corrected chi connectivity index (χ3v) is 2.52. The number of halogens is 1. The van der Waals surface area contributed by atoms with Gasteiger partial charge in [0.2, 0.25) is 0 Å². The Morgan fingerprint density at radius 3 is 2.69 bits per heavy atom. The molecular weight excluding hydrogens is 209 g/mol. The molecule has 3 nitrogen and oxygen atoms in total. The minimum Gasteiger partial charge on any atom is -0.494 e. The molecule has 0 aliphatic rings. The van der Waals surface area contributed by atoms with Gasteiger partial charge in [-0.15, -0.1) is 0 Å². The minimum atomic E-state index is -0.722. The zero-order valence-corrected chi connectivity index (χ0v) is 9.83. The molecule has 0 radical (unpaired) electrons. The number of ether oxygens (including phenoxy) is 1. The number of hydrogen-bond donors (Lipinski definition) is 2. The summed E-state index contributed by atoms with van der Waals surface area (Å²) in [6, 6.07) is 4.38. The van der Waals surface area contributed by atoms with Gasteiger partial charge < -0.3 is 15.2 Å². The van der Waals surface area contributed by atoms with Gasteiger partial charge in [0, 0.05) is 6.04 Å². The summed E-state index contributed by atoms with van der Waals surface area (Å²) in [5, 5.41) is 13.0. The van der Waals surface area contributed by atoms with Gasteiger partial charge in [0.05, 0.1) is 13.2 Å². The number of likely N-dealkylation sites (N-methyl/N-ethyl adjacent to an activating group) is 1. The molecule has 1 aromatic carbocycles. The van der Waals surface area contributed by atoms with E-state index in [9.17, 15) is 9.50 Å². The summed E-state index contributed by atoms with van der Waals surface area (Å²) in [6.45, 7) is 4.57. The van der Waals surface area contributed by atoms with E-state index in [-0.39, 0.29) is 11.8 Å². The molecular formula is C12H18FNO2. The highest BCUT2D eigenvalue weighted by atomic mass is 19.1. The highest BCUT2D eigenvalue weighted by molar-refractivity contribution is 5.30. The first-order valence-electron chi connectivity index (χ1n) is 5.35. The fraction of sp³-hybridized carbons (Fsp3) is 0.500. The van der Waals surface area contributed by atoms with Crippen LogP contribution in [0.25, 0.3) is 0 Å². The zero-order valence-electron chi connectivity index (χ0n) is 9.83. The Bertz CT molecular complexity index is 344.